The molecule has 1 aliphatic heterocycles. The number of hydrogen-bond donors (Lipinski definition) is 1. The fourth-order valence-corrected chi connectivity index (χ4v) is 7.00. The van der Waals surface area contributed by atoms with Gasteiger partial charge in [0.05, 0.1) is 7.11 Å². The summed E-state index contributed by atoms with van der Waals surface area (Å²) < 4.78 is 13.1. The van der Waals surface area contributed by atoms with Crippen LogP contribution in [0.15, 0.2) is 133 Å². The van der Waals surface area contributed by atoms with Crippen molar-refractivity contribution < 1.29 is 14.6 Å². The third-order valence-corrected chi connectivity index (χ3v) is 9.08. The summed E-state index contributed by atoms with van der Waals surface area (Å²) in [7, 11) is 1.69. The zero-order valence-corrected chi connectivity index (χ0v) is 24.0. The second-order valence-corrected chi connectivity index (χ2v) is 11.4. The molecule has 6 aromatic rings. The smallest absolute Gasteiger partial charge is 0.178 e. The minimum absolute atomic E-state index is 0.724. The van der Waals surface area contributed by atoms with Crippen LogP contribution in [0.4, 0.5) is 0 Å². The van der Waals surface area contributed by atoms with Gasteiger partial charge in [0, 0.05) is 33.2 Å². The molecule has 0 saturated heterocycles. The number of methoxy groups -OCH3 is 1. The van der Waals surface area contributed by atoms with Gasteiger partial charge in [0.25, 0.3) is 0 Å². The number of ether oxygens (including phenoxy) is 2. The number of rotatable bonds is 4. The SMILES string of the molecule is COc1ccc2c3c(c4c(c2c1)OC(c1ccccc1)(c1ccc(C)cc1)C=C4)C(O)(c1ccccc1)c1ccccc1-3. The van der Waals surface area contributed by atoms with E-state index in [0.717, 1.165) is 66.8 Å². The molecule has 1 aliphatic carbocycles. The van der Waals surface area contributed by atoms with Gasteiger partial charge >= 0.3 is 0 Å². The number of benzene rings is 6. The van der Waals surface area contributed by atoms with Crippen LogP contribution in [0, 0.1) is 6.92 Å². The summed E-state index contributed by atoms with van der Waals surface area (Å²) >= 11 is 0. The number of aryl methyl sites for hydroxylation is 1. The molecule has 0 radical (unpaired) electrons. The first kappa shape index (κ1) is 25.6. The minimum Gasteiger partial charge on any atom is -0.497 e. The Morgan fingerprint density at radius 2 is 1.33 bits per heavy atom. The first-order chi connectivity index (χ1) is 21.0. The van der Waals surface area contributed by atoms with Crippen LogP contribution in [0.25, 0.3) is 28.0 Å². The number of fused-ring (bicyclic) bond motifs is 8. The predicted octanol–water partition coefficient (Wildman–Crippen LogP) is 8.77. The van der Waals surface area contributed by atoms with Gasteiger partial charge in [0.2, 0.25) is 0 Å². The Kier molecular flexibility index (Phi) is 5.62. The molecule has 0 saturated carbocycles. The van der Waals surface area contributed by atoms with Gasteiger partial charge in [-0.05, 0) is 53.3 Å². The third-order valence-electron chi connectivity index (χ3n) is 9.08. The number of aliphatic hydroxyl groups is 1. The first-order valence-electron chi connectivity index (χ1n) is 14.6. The molecule has 2 aliphatic rings. The van der Waals surface area contributed by atoms with E-state index in [0.29, 0.717) is 0 Å². The van der Waals surface area contributed by atoms with Gasteiger partial charge in [-0.25, -0.2) is 0 Å². The maximum absolute atomic E-state index is 13.0. The van der Waals surface area contributed by atoms with Gasteiger partial charge in [-0.3, -0.25) is 0 Å². The Balaban J connectivity index is 1.50. The Bertz CT molecular complexity index is 2040. The van der Waals surface area contributed by atoms with Crippen molar-refractivity contribution >= 4 is 16.8 Å². The minimum atomic E-state index is -1.37. The first-order valence-corrected chi connectivity index (χ1v) is 14.6. The second-order valence-electron chi connectivity index (χ2n) is 11.4. The Labute approximate surface area is 251 Å². The van der Waals surface area contributed by atoms with Crippen LogP contribution in [0.1, 0.15) is 38.9 Å². The van der Waals surface area contributed by atoms with Gasteiger partial charge in [-0.15, -0.1) is 0 Å². The lowest BCUT2D eigenvalue weighted by Gasteiger charge is -2.38. The highest BCUT2D eigenvalue weighted by molar-refractivity contribution is 6.09. The molecule has 6 aromatic carbocycles. The second kappa shape index (κ2) is 9.45. The molecule has 2 atom stereocenters. The van der Waals surface area contributed by atoms with Crippen LogP contribution in [0.3, 0.4) is 0 Å². The molecule has 208 valence electrons. The van der Waals surface area contributed by atoms with Crippen molar-refractivity contribution in [3.05, 3.63) is 172 Å². The lowest BCUT2D eigenvalue weighted by Crippen LogP contribution is -2.35. The maximum Gasteiger partial charge on any atom is 0.178 e. The average molecular weight is 559 g/mol. The van der Waals surface area contributed by atoms with Crippen LogP contribution >= 0.6 is 0 Å². The standard InChI is InChI=1S/C40H30O3/c1-26-17-19-28(20-18-26)39(27-11-5-3-6-12-27)24-23-33-37-36(31-22-21-30(42-2)25-34(31)38(33)43-39)32-15-9-10-16-35(32)40(37,41)29-13-7-4-8-14-29/h3-25,41H,1-2H3. The van der Waals surface area contributed by atoms with E-state index in [2.05, 4.69) is 73.7 Å². The van der Waals surface area contributed by atoms with Gasteiger partial charge in [-0.1, -0.05) is 121 Å². The summed E-state index contributed by atoms with van der Waals surface area (Å²) in [5, 5.41) is 14.9. The molecule has 8 rings (SSSR count). The normalized spacial score (nSPS) is 19.8. The summed E-state index contributed by atoms with van der Waals surface area (Å²) in [6.45, 7) is 2.09. The van der Waals surface area contributed by atoms with Crippen LogP contribution in [0.2, 0.25) is 0 Å². The zero-order valence-electron chi connectivity index (χ0n) is 24.0. The lowest BCUT2D eigenvalue weighted by atomic mass is 9.78. The largest absolute Gasteiger partial charge is 0.497 e. The van der Waals surface area contributed by atoms with Crippen LogP contribution < -0.4 is 9.47 Å². The van der Waals surface area contributed by atoms with Crippen molar-refractivity contribution in [2.45, 2.75) is 18.1 Å². The molecule has 0 fully saturated rings. The maximum atomic E-state index is 13.0. The Morgan fingerprint density at radius 1 is 0.674 bits per heavy atom. The quantitative estimate of drug-likeness (QED) is 0.235. The van der Waals surface area contributed by atoms with E-state index in [1.807, 2.05) is 72.8 Å². The molecule has 0 bridgehead atoms. The topological polar surface area (TPSA) is 38.7 Å². The van der Waals surface area contributed by atoms with Crippen molar-refractivity contribution in [2.75, 3.05) is 7.11 Å². The molecule has 0 amide bonds. The summed E-state index contributed by atoms with van der Waals surface area (Å²) in [5.74, 6) is 1.47. The molecular formula is C40H30O3. The zero-order chi connectivity index (χ0) is 29.2. The van der Waals surface area contributed by atoms with E-state index in [-0.39, 0.29) is 0 Å². The molecular weight excluding hydrogens is 528 g/mol. The van der Waals surface area contributed by atoms with E-state index in [1.165, 1.54) is 5.56 Å². The fraction of sp³-hybridized carbons (Fsp3) is 0.100. The summed E-state index contributed by atoms with van der Waals surface area (Å²) in [6.07, 6.45) is 4.30. The molecule has 3 nitrogen and oxygen atoms in total. The third kappa shape index (κ3) is 3.58. The van der Waals surface area contributed by atoms with Gasteiger partial charge in [0.1, 0.15) is 17.1 Å². The van der Waals surface area contributed by atoms with Gasteiger partial charge in [-0.2, -0.15) is 0 Å². The van der Waals surface area contributed by atoms with Gasteiger partial charge < -0.3 is 14.6 Å². The molecule has 2 unspecified atom stereocenters. The summed E-state index contributed by atoms with van der Waals surface area (Å²) in [6, 6.07) is 43.2. The predicted molar refractivity (Wildman–Crippen MR) is 173 cm³/mol. The molecule has 1 N–H and O–H groups in total. The van der Waals surface area contributed by atoms with Crippen molar-refractivity contribution in [2.24, 2.45) is 0 Å². The number of hydrogen-bond acceptors (Lipinski definition) is 3. The highest BCUT2D eigenvalue weighted by Gasteiger charge is 2.48. The highest BCUT2D eigenvalue weighted by atomic mass is 16.5. The van der Waals surface area contributed by atoms with Crippen molar-refractivity contribution in [3.8, 4) is 22.6 Å². The lowest BCUT2D eigenvalue weighted by molar-refractivity contribution is 0.127. The summed E-state index contributed by atoms with van der Waals surface area (Å²) in [4.78, 5) is 0. The van der Waals surface area contributed by atoms with Crippen molar-refractivity contribution in [3.63, 3.8) is 0 Å². The van der Waals surface area contributed by atoms with E-state index in [9.17, 15) is 5.11 Å². The van der Waals surface area contributed by atoms with Crippen LogP contribution in [0.5, 0.6) is 11.5 Å². The van der Waals surface area contributed by atoms with E-state index in [1.54, 1.807) is 7.11 Å². The van der Waals surface area contributed by atoms with E-state index in [4.69, 9.17) is 9.47 Å². The molecule has 43 heavy (non-hydrogen) atoms. The molecule has 3 heteroatoms. The van der Waals surface area contributed by atoms with Gasteiger partial charge in [0.15, 0.2) is 5.60 Å². The van der Waals surface area contributed by atoms with Crippen LogP contribution in [-0.4, -0.2) is 12.2 Å². The fourth-order valence-electron chi connectivity index (χ4n) is 7.00. The average Bonchev–Trinajstić information content (AvgIpc) is 3.35. The Hall–Kier alpha value is -5.12. The van der Waals surface area contributed by atoms with Crippen molar-refractivity contribution in [1.29, 1.82) is 0 Å². The van der Waals surface area contributed by atoms with E-state index >= 15 is 0 Å². The van der Waals surface area contributed by atoms with Crippen molar-refractivity contribution in [1.82, 2.24) is 0 Å². The summed E-state index contributed by atoms with van der Waals surface area (Å²) in [5.41, 5.74) is 6.46. The highest BCUT2D eigenvalue weighted by Crippen LogP contribution is 2.59. The Morgan fingerprint density at radius 3 is 2.05 bits per heavy atom. The monoisotopic (exact) mass is 558 g/mol. The van der Waals surface area contributed by atoms with E-state index < -0.39 is 11.2 Å². The molecule has 1 heterocycles. The molecule has 0 spiro atoms. The molecule has 0 aromatic heterocycles. The van der Waals surface area contributed by atoms with Crippen LogP contribution in [-0.2, 0) is 11.2 Å².